The van der Waals surface area contributed by atoms with Crippen molar-refractivity contribution in [2.45, 2.75) is 0 Å². The van der Waals surface area contributed by atoms with Crippen LogP contribution in [-0.2, 0) is 4.74 Å². The summed E-state index contributed by atoms with van der Waals surface area (Å²) < 4.78 is 12.4. The summed E-state index contributed by atoms with van der Waals surface area (Å²) in [6, 6.07) is 11.2. The Morgan fingerprint density at radius 2 is 1.92 bits per heavy atom. The molecule has 0 spiro atoms. The number of nitrogens with one attached hydrogen (secondary N) is 1. The number of hydrogen-bond acceptors (Lipinski definition) is 4. The van der Waals surface area contributed by atoms with E-state index in [4.69, 9.17) is 9.47 Å². The lowest BCUT2D eigenvalue weighted by Gasteiger charge is -2.29. The zero-order valence-electron chi connectivity index (χ0n) is 13.7. The first-order valence-corrected chi connectivity index (χ1v) is 9.44. The number of rotatable bonds is 4. The van der Waals surface area contributed by atoms with Crippen molar-refractivity contribution in [1.29, 1.82) is 0 Å². The molecule has 3 rings (SSSR count). The van der Waals surface area contributed by atoms with Gasteiger partial charge in [0.2, 0.25) is 0 Å². The zero-order chi connectivity index (χ0) is 17.8. The SMILES string of the molecule is COc1ccc(Br)cc1C(=O)Nc1ccc(N2CCOCC2)c(Br)c1. The van der Waals surface area contributed by atoms with Crippen LogP contribution in [0.3, 0.4) is 0 Å². The smallest absolute Gasteiger partial charge is 0.259 e. The van der Waals surface area contributed by atoms with Crippen LogP contribution in [0.5, 0.6) is 5.75 Å². The molecule has 1 amide bonds. The van der Waals surface area contributed by atoms with Gasteiger partial charge >= 0.3 is 0 Å². The van der Waals surface area contributed by atoms with Gasteiger partial charge in [-0.1, -0.05) is 15.9 Å². The van der Waals surface area contributed by atoms with E-state index in [-0.39, 0.29) is 5.91 Å². The van der Waals surface area contributed by atoms with Crippen LogP contribution < -0.4 is 15.0 Å². The fourth-order valence-corrected chi connectivity index (χ4v) is 3.69. The summed E-state index contributed by atoms with van der Waals surface area (Å²) in [6.07, 6.45) is 0. The lowest BCUT2D eigenvalue weighted by Crippen LogP contribution is -2.36. The summed E-state index contributed by atoms with van der Waals surface area (Å²) in [4.78, 5) is 14.9. The highest BCUT2D eigenvalue weighted by molar-refractivity contribution is 9.10. The normalized spacial score (nSPS) is 14.3. The molecule has 1 aliphatic heterocycles. The molecule has 1 saturated heterocycles. The summed E-state index contributed by atoms with van der Waals surface area (Å²) >= 11 is 6.99. The average molecular weight is 470 g/mol. The van der Waals surface area contributed by atoms with E-state index in [1.54, 1.807) is 19.2 Å². The fourth-order valence-electron chi connectivity index (χ4n) is 2.70. The summed E-state index contributed by atoms with van der Waals surface area (Å²) in [5.74, 6) is 0.314. The molecule has 0 bridgehead atoms. The minimum atomic E-state index is -0.218. The highest BCUT2D eigenvalue weighted by Crippen LogP contribution is 2.31. The molecule has 5 nitrogen and oxygen atoms in total. The van der Waals surface area contributed by atoms with E-state index < -0.39 is 0 Å². The molecule has 0 aromatic heterocycles. The lowest BCUT2D eigenvalue weighted by atomic mass is 10.1. The van der Waals surface area contributed by atoms with E-state index in [1.165, 1.54) is 0 Å². The Bertz CT molecular complexity index is 777. The van der Waals surface area contributed by atoms with Gasteiger partial charge in [0.1, 0.15) is 5.75 Å². The van der Waals surface area contributed by atoms with Gasteiger partial charge in [0.05, 0.1) is 31.6 Å². The number of anilines is 2. The molecule has 2 aromatic carbocycles. The number of halogens is 2. The Morgan fingerprint density at radius 3 is 2.60 bits per heavy atom. The number of benzene rings is 2. The second kappa shape index (κ2) is 8.21. The molecule has 0 unspecified atom stereocenters. The van der Waals surface area contributed by atoms with Gasteiger partial charge < -0.3 is 19.7 Å². The topological polar surface area (TPSA) is 50.8 Å². The number of methoxy groups -OCH3 is 1. The van der Waals surface area contributed by atoms with Crippen LogP contribution in [0.15, 0.2) is 45.3 Å². The standard InChI is InChI=1S/C18H18Br2N2O3/c1-24-17-5-2-12(19)10-14(17)18(23)21-13-3-4-16(15(20)11-13)22-6-8-25-9-7-22/h2-5,10-11H,6-9H2,1H3,(H,21,23). The molecular weight excluding hydrogens is 452 g/mol. The maximum absolute atomic E-state index is 12.6. The second-order valence-electron chi connectivity index (χ2n) is 5.56. The largest absolute Gasteiger partial charge is 0.496 e. The van der Waals surface area contributed by atoms with Crippen LogP contribution in [0.2, 0.25) is 0 Å². The van der Waals surface area contributed by atoms with Crippen molar-refractivity contribution in [2.75, 3.05) is 43.6 Å². The van der Waals surface area contributed by atoms with Gasteiger partial charge in [-0.3, -0.25) is 4.79 Å². The number of amides is 1. The van der Waals surface area contributed by atoms with Crippen LogP contribution in [0, 0.1) is 0 Å². The first kappa shape index (κ1) is 18.2. The lowest BCUT2D eigenvalue weighted by molar-refractivity contribution is 0.102. The molecule has 1 heterocycles. The molecule has 2 aromatic rings. The Morgan fingerprint density at radius 1 is 1.16 bits per heavy atom. The highest BCUT2D eigenvalue weighted by Gasteiger charge is 2.16. The predicted molar refractivity (Wildman–Crippen MR) is 106 cm³/mol. The van der Waals surface area contributed by atoms with Crippen molar-refractivity contribution >= 4 is 49.1 Å². The number of nitrogens with zero attached hydrogens (tertiary/aromatic N) is 1. The van der Waals surface area contributed by atoms with E-state index in [9.17, 15) is 4.79 Å². The third-order valence-corrected chi connectivity index (χ3v) is 5.09. The van der Waals surface area contributed by atoms with Crippen molar-refractivity contribution in [3.05, 3.63) is 50.9 Å². The summed E-state index contributed by atoms with van der Waals surface area (Å²) in [5, 5.41) is 2.92. The van der Waals surface area contributed by atoms with Crippen molar-refractivity contribution in [2.24, 2.45) is 0 Å². The molecule has 7 heteroatoms. The molecule has 0 radical (unpaired) electrons. The van der Waals surface area contributed by atoms with Crippen molar-refractivity contribution in [1.82, 2.24) is 0 Å². The Labute approximate surface area is 163 Å². The minimum absolute atomic E-state index is 0.218. The summed E-state index contributed by atoms with van der Waals surface area (Å²) in [5.41, 5.74) is 2.29. The number of carbonyl (C=O) groups is 1. The number of hydrogen-bond donors (Lipinski definition) is 1. The quantitative estimate of drug-likeness (QED) is 0.724. The Kier molecular flexibility index (Phi) is 5.98. The molecule has 1 fully saturated rings. The van der Waals surface area contributed by atoms with E-state index in [1.807, 2.05) is 24.3 Å². The number of ether oxygens (including phenoxy) is 2. The van der Waals surface area contributed by atoms with Gasteiger partial charge in [0.25, 0.3) is 5.91 Å². The number of carbonyl (C=O) groups excluding carboxylic acids is 1. The fraction of sp³-hybridized carbons (Fsp3) is 0.278. The van der Waals surface area contributed by atoms with E-state index in [0.29, 0.717) is 11.3 Å². The van der Waals surface area contributed by atoms with Gasteiger partial charge in [-0.25, -0.2) is 0 Å². The maximum Gasteiger partial charge on any atom is 0.259 e. The molecule has 132 valence electrons. The van der Waals surface area contributed by atoms with Crippen molar-refractivity contribution in [3.63, 3.8) is 0 Å². The zero-order valence-corrected chi connectivity index (χ0v) is 16.9. The van der Waals surface area contributed by atoms with E-state index in [2.05, 4.69) is 42.1 Å². The first-order chi connectivity index (χ1) is 12.1. The van der Waals surface area contributed by atoms with Crippen molar-refractivity contribution in [3.8, 4) is 5.75 Å². The summed E-state index contributed by atoms with van der Waals surface area (Å²) in [6.45, 7) is 3.18. The molecule has 0 aliphatic carbocycles. The van der Waals surface area contributed by atoms with Crippen LogP contribution in [0.25, 0.3) is 0 Å². The third kappa shape index (κ3) is 4.34. The molecule has 0 atom stereocenters. The molecule has 25 heavy (non-hydrogen) atoms. The Hall–Kier alpha value is -1.57. The second-order valence-corrected chi connectivity index (χ2v) is 7.33. The maximum atomic E-state index is 12.6. The minimum Gasteiger partial charge on any atom is -0.496 e. The third-order valence-electron chi connectivity index (χ3n) is 3.96. The molecule has 1 aliphatic rings. The van der Waals surface area contributed by atoms with E-state index >= 15 is 0 Å². The summed E-state index contributed by atoms with van der Waals surface area (Å²) in [7, 11) is 1.55. The predicted octanol–water partition coefficient (Wildman–Crippen LogP) is 4.31. The molecule has 1 N–H and O–H groups in total. The van der Waals surface area contributed by atoms with Crippen LogP contribution in [0.1, 0.15) is 10.4 Å². The van der Waals surface area contributed by atoms with E-state index in [0.717, 1.165) is 46.6 Å². The van der Waals surface area contributed by atoms with Crippen LogP contribution in [-0.4, -0.2) is 39.3 Å². The van der Waals surface area contributed by atoms with Gasteiger partial charge in [-0.15, -0.1) is 0 Å². The number of morpholine rings is 1. The van der Waals surface area contributed by atoms with Gasteiger partial charge in [-0.2, -0.15) is 0 Å². The van der Waals surface area contributed by atoms with Gasteiger partial charge in [-0.05, 0) is 52.3 Å². The average Bonchev–Trinajstić information content (AvgIpc) is 2.62. The van der Waals surface area contributed by atoms with Crippen molar-refractivity contribution < 1.29 is 14.3 Å². The Balaban J connectivity index is 1.78. The molecular formula is C18H18Br2N2O3. The highest BCUT2D eigenvalue weighted by atomic mass is 79.9. The van der Waals surface area contributed by atoms with Gasteiger partial charge in [0.15, 0.2) is 0 Å². The van der Waals surface area contributed by atoms with Crippen LogP contribution in [0.4, 0.5) is 11.4 Å². The monoisotopic (exact) mass is 468 g/mol. The van der Waals surface area contributed by atoms with Crippen LogP contribution >= 0.6 is 31.9 Å². The van der Waals surface area contributed by atoms with Gasteiger partial charge in [0, 0.05) is 27.7 Å². The molecule has 0 saturated carbocycles. The first-order valence-electron chi connectivity index (χ1n) is 7.85.